The van der Waals surface area contributed by atoms with Crippen molar-refractivity contribution in [3.05, 3.63) is 22.1 Å². The van der Waals surface area contributed by atoms with E-state index < -0.39 is 17.4 Å². The Kier molecular flexibility index (Phi) is 3.56. The standard InChI is InChI=1S/C9H12F3N3O/c1-3-5(2)13-8-14-6(9(10,11)12)4-7(16)15-8/h4-5H,3H2,1-2H3,(H2,13,14,15,16)/t5-/m0/s1. The van der Waals surface area contributed by atoms with Crippen LogP contribution in [0.3, 0.4) is 0 Å². The van der Waals surface area contributed by atoms with Crippen molar-refractivity contribution < 1.29 is 13.2 Å². The number of hydrogen-bond donors (Lipinski definition) is 2. The highest BCUT2D eigenvalue weighted by Gasteiger charge is 2.33. The van der Waals surface area contributed by atoms with Gasteiger partial charge in [-0.2, -0.15) is 13.2 Å². The minimum atomic E-state index is -4.61. The van der Waals surface area contributed by atoms with Crippen LogP contribution in [0.5, 0.6) is 0 Å². The van der Waals surface area contributed by atoms with Crippen LogP contribution in [0.25, 0.3) is 0 Å². The van der Waals surface area contributed by atoms with Gasteiger partial charge < -0.3 is 5.32 Å². The summed E-state index contributed by atoms with van der Waals surface area (Å²) in [6.07, 6.45) is -3.90. The summed E-state index contributed by atoms with van der Waals surface area (Å²) in [7, 11) is 0. The molecule has 0 bridgehead atoms. The molecular formula is C9H12F3N3O. The minimum Gasteiger partial charge on any atom is -0.353 e. The first-order valence-electron chi connectivity index (χ1n) is 4.78. The lowest BCUT2D eigenvalue weighted by Crippen LogP contribution is -2.22. The summed E-state index contributed by atoms with van der Waals surface area (Å²) in [4.78, 5) is 16.5. The molecule has 0 unspecified atom stereocenters. The maximum atomic E-state index is 12.3. The molecule has 0 radical (unpaired) electrons. The zero-order valence-electron chi connectivity index (χ0n) is 8.85. The van der Waals surface area contributed by atoms with Gasteiger partial charge in [0, 0.05) is 12.1 Å². The molecule has 0 aliphatic rings. The van der Waals surface area contributed by atoms with E-state index in [9.17, 15) is 18.0 Å². The number of alkyl halides is 3. The van der Waals surface area contributed by atoms with E-state index in [4.69, 9.17) is 0 Å². The van der Waals surface area contributed by atoms with Gasteiger partial charge in [-0.15, -0.1) is 0 Å². The molecule has 4 nitrogen and oxygen atoms in total. The molecule has 0 aliphatic heterocycles. The fraction of sp³-hybridized carbons (Fsp3) is 0.556. The van der Waals surface area contributed by atoms with Crippen LogP contribution in [0.4, 0.5) is 19.1 Å². The van der Waals surface area contributed by atoms with E-state index in [-0.39, 0.29) is 12.0 Å². The summed E-state index contributed by atoms with van der Waals surface area (Å²) < 4.78 is 37.0. The zero-order valence-corrected chi connectivity index (χ0v) is 8.85. The van der Waals surface area contributed by atoms with Crippen molar-refractivity contribution in [3.8, 4) is 0 Å². The molecule has 0 saturated heterocycles. The van der Waals surface area contributed by atoms with Gasteiger partial charge in [0.1, 0.15) is 0 Å². The maximum Gasteiger partial charge on any atom is 0.433 e. The number of aromatic amines is 1. The number of anilines is 1. The van der Waals surface area contributed by atoms with E-state index >= 15 is 0 Å². The SMILES string of the molecule is CC[C@H](C)Nc1nc(C(F)(F)F)cc(=O)[nH]1. The molecule has 0 aliphatic carbocycles. The van der Waals surface area contributed by atoms with Gasteiger partial charge in [-0.1, -0.05) is 6.92 Å². The Morgan fingerprint density at radius 1 is 1.56 bits per heavy atom. The van der Waals surface area contributed by atoms with Crippen LogP contribution in [0, 0.1) is 0 Å². The predicted molar refractivity (Wildman–Crippen MR) is 53.2 cm³/mol. The predicted octanol–water partition coefficient (Wildman–Crippen LogP) is 2.00. The summed E-state index contributed by atoms with van der Waals surface area (Å²) in [6.45, 7) is 3.64. The molecule has 1 aromatic heterocycles. The lowest BCUT2D eigenvalue weighted by Gasteiger charge is -2.13. The molecule has 0 saturated carbocycles. The van der Waals surface area contributed by atoms with Gasteiger partial charge in [0.25, 0.3) is 5.56 Å². The van der Waals surface area contributed by atoms with E-state index in [2.05, 4.69) is 15.3 Å². The number of nitrogens with one attached hydrogen (secondary N) is 2. The van der Waals surface area contributed by atoms with Crippen LogP contribution in [-0.4, -0.2) is 16.0 Å². The van der Waals surface area contributed by atoms with E-state index in [1.807, 2.05) is 6.92 Å². The number of rotatable bonds is 3. The topological polar surface area (TPSA) is 57.8 Å². The summed E-state index contributed by atoms with van der Waals surface area (Å²) in [5.41, 5.74) is -2.02. The van der Waals surface area contributed by atoms with Crippen LogP contribution >= 0.6 is 0 Å². The zero-order chi connectivity index (χ0) is 12.3. The minimum absolute atomic E-state index is 0.0633. The van der Waals surface area contributed by atoms with Crippen LogP contribution < -0.4 is 10.9 Å². The molecule has 0 aromatic carbocycles. The van der Waals surface area contributed by atoms with Gasteiger partial charge in [-0.25, -0.2) is 4.98 Å². The molecule has 7 heteroatoms. The maximum absolute atomic E-state index is 12.3. The monoisotopic (exact) mass is 235 g/mol. The second-order valence-corrected chi connectivity index (χ2v) is 3.43. The fourth-order valence-electron chi connectivity index (χ4n) is 1.01. The van der Waals surface area contributed by atoms with Crippen molar-refractivity contribution in [1.82, 2.24) is 9.97 Å². The van der Waals surface area contributed by atoms with Gasteiger partial charge in [0.2, 0.25) is 5.95 Å². The molecule has 2 N–H and O–H groups in total. The molecule has 1 aromatic rings. The third-order valence-electron chi connectivity index (χ3n) is 2.03. The second kappa shape index (κ2) is 4.54. The van der Waals surface area contributed by atoms with E-state index in [1.54, 1.807) is 6.92 Å². The normalized spacial score (nSPS) is 13.6. The second-order valence-electron chi connectivity index (χ2n) is 3.43. The van der Waals surface area contributed by atoms with Gasteiger partial charge in [0.05, 0.1) is 0 Å². The highest BCUT2D eigenvalue weighted by Crippen LogP contribution is 2.26. The van der Waals surface area contributed by atoms with Crippen molar-refractivity contribution >= 4 is 5.95 Å². The van der Waals surface area contributed by atoms with Gasteiger partial charge in [0.15, 0.2) is 5.69 Å². The highest BCUT2D eigenvalue weighted by molar-refractivity contribution is 5.27. The third-order valence-corrected chi connectivity index (χ3v) is 2.03. The quantitative estimate of drug-likeness (QED) is 0.842. The van der Waals surface area contributed by atoms with Crippen molar-refractivity contribution in [2.24, 2.45) is 0 Å². The Hall–Kier alpha value is -1.53. The van der Waals surface area contributed by atoms with Crippen molar-refractivity contribution in [2.75, 3.05) is 5.32 Å². The Balaban J connectivity index is 3.04. The first-order chi connectivity index (χ1) is 7.32. The first-order valence-corrected chi connectivity index (χ1v) is 4.78. The lowest BCUT2D eigenvalue weighted by atomic mass is 10.3. The summed E-state index contributed by atoms with van der Waals surface area (Å²) in [6, 6.07) is 0.369. The number of halogens is 3. The third kappa shape index (κ3) is 3.25. The largest absolute Gasteiger partial charge is 0.433 e. The Morgan fingerprint density at radius 3 is 2.69 bits per heavy atom. The van der Waals surface area contributed by atoms with Crippen LogP contribution in [0.1, 0.15) is 26.0 Å². The van der Waals surface area contributed by atoms with Crippen molar-refractivity contribution in [1.29, 1.82) is 0 Å². The number of H-pyrrole nitrogens is 1. The summed E-state index contributed by atoms with van der Waals surface area (Å²) in [5, 5.41) is 2.68. The molecule has 16 heavy (non-hydrogen) atoms. The average molecular weight is 235 g/mol. The van der Waals surface area contributed by atoms with Crippen LogP contribution in [0.15, 0.2) is 10.9 Å². The van der Waals surface area contributed by atoms with Gasteiger partial charge in [-0.05, 0) is 13.3 Å². The summed E-state index contributed by atoms with van der Waals surface area (Å²) in [5.74, 6) is -0.158. The molecule has 0 fully saturated rings. The van der Waals surface area contributed by atoms with E-state index in [0.29, 0.717) is 12.5 Å². The Bertz CT molecular complexity index is 413. The van der Waals surface area contributed by atoms with Crippen LogP contribution in [0.2, 0.25) is 0 Å². The fourth-order valence-corrected chi connectivity index (χ4v) is 1.01. The van der Waals surface area contributed by atoms with Crippen molar-refractivity contribution in [2.45, 2.75) is 32.5 Å². The van der Waals surface area contributed by atoms with E-state index in [0.717, 1.165) is 0 Å². The van der Waals surface area contributed by atoms with Gasteiger partial charge >= 0.3 is 6.18 Å². The summed E-state index contributed by atoms with van der Waals surface area (Å²) >= 11 is 0. The molecule has 1 atom stereocenters. The number of aromatic nitrogens is 2. The van der Waals surface area contributed by atoms with Crippen molar-refractivity contribution in [3.63, 3.8) is 0 Å². The Labute approximate surface area is 89.9 Å². The molecule has 0 spiro atoms. The molecule has 90 valence electrons. The average Bonchev–Trinajstić information content (AvgIpc) is 2.15. The lowest BCUT2D eigenvalue weighted by molar-refractivity contribution is -0.141. The molecular weight excluding hydrogens is 223 g/mol. The Morgan fingerprint density at radius 2 is 2.19 bits per heavy atom. The molecule has 0 amide bonds. The number of nitrogens with zero attached hydrogens (tertiary/aromatic N) is 1. The van der Waals surface area contributed by atoms with Crippen LogP contribution in [-0.2, 0) is 6.18 Å². The smallest absolute Gasteiger partial charge is 0.353 e. The van der Waals surface area contributed by atoms with E-state index in [1.165, 1.54) is 0 Å². The molecule has 1 heterocycles. The number of hydrogen-bond acceptors (Lipinski definition) is 3. The highest BCUT2D eigenvalue weighted by atomic mass is 19.4. The van der Waals surface area contributed by atoms with Gasteiger partial charge in [-0.3, -0.25) is 9.78 Å². The molecule has 1 rings (SSSR count). The first kappa shape index (κ1) is 12.5.